The first-order valence-corrected chi connectivity index (χ1v) is 7.11. The molecule has 0 aliphatic carbocycles. The Hall–Kier alpha value is -1.40. The fourth-order valence-corrected chi connectivity index (χ4v) is 2.15. The number of rotatable bonds is 5. The quantitative estimate of drug-likeness (QED) is 0.879. The third-order valence-corrected chi connectivity index (χ3v) is 3.42. The van der Waals surface area contributed by atoms with Gasteiger partial charge in [-0.15, -0.1) is 0 Å². The van der Waals surface area contributed by atoms with Crippen LogP contribution in [0.25, 0.3) is 0 Å². The van der Waals surface area contributed by atoms with Crippen LogP contribution in [0, 0.1) is 0 Å². The lowest BCUT2D eigenvalue weighted by Crippen LogP contribution is -2.41. The van der Waals surface area contributed by atoms with Gasteiger partial charge in [0.2, 0.25) is 0 Å². The number of amides is 1. The zero-order valence-electron chi connectivity index (χ0n) is 12.4. The average molecular weight is 281 g/mol. The van der Waals surface area contributed by atoms with E-state index in [0.717, 1.165) is 31.9 Å². The Morgan fingerprint density at radius 1 is 1.60 bits per heavy atom. The Kier molecular flexibility index (Phi) is 5.14. The summed E-state index contributed by atoms with van der Waals surface area (Å²) >= 11 is 0. The van der Waals surface area contributed by atoms with Crippen LogP contribution < -0.4 is 5.32 Å². The van der Waals surface area contributed by atoms with E-state index in [9.17, 15) is 4.79 Å². The van der Waals surface area contributed by atoms with Gasteiger partial charge >= 0.3 is 0 Å². The number of likely N-dealkylation sites (N-methyl/N-ethyl adjacent to an activating group) is 1. The predicted octanol–water partition coefficient (Wildman–Crippen LogP) is 1.25. The van der Waals surface area contributed by atoms with E-state index >= 15 is 0 Å². The van der Waals surface area contributed by atoms with Crippen LogP contribution in [0.3, 0.4) is 0 Å². The topological polar surface area (TPSA) is 67.6 Å². The van der Waals surface area contributed by atoms with Crippen molar-refractivity contribution in [1.29, 1.82) is 0 Å². The first-order valence-electron chi connectivity index (χ1n) is 7.11. The molecule has 0 radical (unpaired) electrons. The minimum atomic E-state index is -0.190. The first kappa shape index (κ1) is 15.0. The number of carbonyl (C=O) groups is 1. The fraction of sp³-hybridized carbons (Fsp3) is 0.714. The van der Waals surface area contributed by atoms with Gasteiger partial charge in [0.25, 0.3) is 5.91 Å². The molecule has 1 fully saturated rings. The molecule has 0 aromatic carbocycles. The lowest BCUT2D eigenvalue weighted by molar-refractivity contribution is -0.0226. The van der Waals surface area contributed by atoms with Gasteiger partial charge in [0, 0.05) is 31.6 Å². The summed E-state index contributed by atoms with van der Waals surface area (Å²) in [5, 5.41) is 6.64. The summed E-state index contributed by atoms with van der Waals surface area (Å²) in [4.78, 5) is 14.1. The van der Waals surface area contributed by atoms with Gasteiger partial charge in [0.05, 0.1) is 12.7 Å². The van der Waals surface area contributed by atoms with E-state index in [-0.39, 0.29) is 17.9 Å². The average Bonchev–Trinajstić information content (AvgIpc) is 2.88. The van der Waals surface area contributed by atoms with Gasteiger partial charge in [-0.25, -0.2) is 0 Å². The van der Waals surface area contributed by atoms with Crippen molar-refractivity contribution in [3.8, 4) is 0 Å². The van der Waals surface area contributed by atoms with E-state index in [4.69, 9.17) is 9.26 Å². The second-order valence-electron chi connectivity index (χ2n) is 5.57. The van der Waals surface area contributed by atoms with Crippen molar-refractivity contribution in [3.63, 3.8) is 0 Å². The second-order valence-corrected chi connectivity index (χ2v) is 5.57. The molecule has 20 heavy (non-hydrogen) atoms. The van der Waals surface area contributed by atoms with Gasteiger partial charge in [-0.05, 0) is 13.5 Å². The molecule has 1 aliphatic rings. The SMILES string of the molecule is CC(C)c1cc(C(=O)NCC[C@@H]2CN(C)CCO2)no1. The van der Waals surface area contributed by atoms with Gasteiger partial charge < -0.3 is 19.5 Å². The van der Waals surface area contributed by atoms with Crippen molar-refractivity contribution < 1.29 is 14.1 Å². The zero-order valence-corrected chi connectivity index (χ0v) is 12.4. The van der Waals surface area contributed by atoms with Crippen LogP contribution in [0.2, 0.25) is 0 Å². The molecule has 0 saturated carbocycles. The first-order chi connectivity index (χ1) is 9.56. The van der Waals surface area contributed by atoms with Gasteiger partial charge in [0.1, 0.15) is 5.76 Å². The summed E-state index contributed by atoms with van der Waals surface area (Å²) < 4.78 is 10.8. The summed E-state index contributed by atoms with van der Waals surface area (Å²) in [7, 11) is 2.08. The smallest absolute Gasteiger partial charge is 0.273 e. The Balaban J connectivity index is 1.74. The largest absolute Gasteiger partial charge is 0.375 e. The summed E-state index contributed by atoms with van der Waals surface area (Å²) in [6.45, 7) is 7.23. The van der Waals surface area contributed by atoms with Crippen LogP contribution in [-0.4, -0.2) is 55.4 Å². The Bertz CT molecular complexity index is 445. The van der Waals surface area contributed by atoms with Crippen LogP contribution in [0.15, 0.2) is 10.6 Å². The summed E-state index contributed by atoms with van der Waals surface area (Å²) in [6, 6.07) is 1.70. The van der Waals surface area contributed by atoms with Gasteiger partial charge in [-0.2, -0.15) is 0 Å². The van der Waals surface area contributed by atoms with Crippen molar-refractivity contribution in [3.05, 3.63) is 17.5 Å². The lowest BCUT2D eigenvalue weighted by Gasteiger charge is -2.30. The van der Waals surface area contributed by atoms with Crippen molar-refractivity contribution in [1.82, 2.24) is 15.4 Å². The maximum absolute atomic E-state index is 11.9. The molecule has 0 spiro atoms. The molecule has 1 N–H and O–H groups in total. The van der Waals surface area contributed by atoms with Crippen molar-refractivity contribution in [2.24, 2.45) is 0 Å². The number of ether oxygens (including phenoxy) is 1. The molecule has 2 rings (SSSR count). The minimum absolute atomic E-state index is 0.190. The van der Waals surface area contributed by atoms with Crippen molar-refractivity contribution in [2.45, 2.75) is 32.3 Å². The van der Waals surface area contributed by atoms with Crippen LogP contribution in [-0.2, 0) is 4.74 Å². The Morgan fingerprint density at radius 3 is 3.05 bits per heavy atom. The van der Waals surface area contributed by atoms with Crippen molar-refractivity contribution >= 4 is 5.91 Å². The van der Waals surface area contributed by atoms with Gasteiger partial charge in [-0.3, -0.25) is 4.79 Å². The molecule has 0 unspecified atom stereocenters. The van der Waals surface area contributed by atoms with Crippen LogP contribution in [0.5, 0.6) is 0 Å². The number of nitrogens with one attached hydrogen (secondary N) is 1. The molecule has 1 atom stereocenters. The van der Waals surface area contributed by atoms with Crippen LogP contribution >= 0.6 is 0 Å². The normalized spacial score (nSPS) is 20.3. The van der Waals surface area contributed by atoms with E-state index in [1.165, 1.54) is 0 Å². The molecule has 2 heterocycles. The minimum Gasteiger partial charge on any atom is -0.375 e. The highest BCUT2D eigenvalue weighted by Gasteiger charge is 2.18. The third-order valence-electron chi connectivity index (χ3n) is 3.42. The Morgan fingerprint density at radius 2 is 2.40 bits per heavy atom. The Labute approximate surface area is 119 Å². The molecular formula is C14H23N3O3. The van der Waals surface area contributed by atoms with E-state index in [2.05, 4.69) is 22.4 Å². The molecule has 6 heteroatoms. The molecule has 6 nitrogen and oxygen atoms in total. The van der Waals surface area contributed by atoms with Crippen LogP contribution in [0.1, 0.15) is 42.4 Å². The van der Waals surface area contributed by atoms with E-state index in [1.807, 2.05) is 13.8 Å². The highest BCUT2D eigenvalue weighted by molar-refractivity contribution is 5.92. The maximum Gasteiger partial charge on any atom is 0.273 e. The van der Waals surface area contributed by atoms with Crippen LogP contribution in [0.4, 0.5) is 0 Å². The zero-order chi connectivity index (χ0) is 14.5. The van der Waals surface area contributed by atoms with Crippen molar-refractivity contribution in [2.75, 3.05) is 33.3 Å². The molecule has 1 aromatic rings. The highest BCUT2D eigenvalue weighted by atomic mass is 16.5. The van der Waals surface area contributed by atoms with Gasteiger partial charge in [0.15, 0.2) is 5.69 Å². The molecule has 0 bridgehead atoms. The molecule has 1 saturated heterocycles. The monoisotopic (exact) mass is 281 g/mol. The summed E-state index contributed by atoms with van der Waals surface area (Å²) in [6.07, 6.45) is 1.00. The fourth-order valence-electron chi connectivity index (χ4n) is 2.15. The number of aromatic nitrogens is 1. The number of hydrogen-bond acceptors (Lipinski definition) is 5. The van der Waals surface area contributed by atoms with E-state index in [0.29, 0.717) is 12.2 Å². The number of nitrogens with zero attached hydrogens (tertiary/aromatic N) is 2. The number of morpholine rings is 1. The van der Waals surface area contributed by atoms with Gasteiger partial charge in [-0.1, -0.05) is 19.0 Å². The molecule has 1 aromatic heterocycles. The number of hydrogen-bond donors (Lipinski definition) is 1. The predicted molar refractivity (Wildman–Crippen MR) is 74.8 cm³/mol. The molecule has 1 aliphatic heterocycles. The van der Waals surface area contributed by atoms with E-state index in [1.54, 1.807) is 6.07 Å². The summed E-state index contributed by atoms with van der Waals surface area (Å²) in [5.41, 5.74) is 0.343. The highest BCUT2D eigenvalue weighted by Crippen LogP contribution is 2.14. The number of carbonyl (C=O) groups excluding carboxylic acids is 1. The second kappa shape index (κ2) is 6.85. The molecule has 112 valence electrons. The molecule has 1 amide bonds. The summed E-state index contributed by atoms with van der Waals surface area (Å²) in [5.74, 6) is 0.771. The standard InChI is InChI=1S/C14H23N3O3/c1-10(2)13-8-12(16-20-13)14(18)15-5-4-11-9-17(3)6-7-19-11/h8,10-11H,4-7,9H2,1-3H3,(H,15,18)/t11-/m1/s1. The lowest BCUT2D eigenvalue weighted by atomic mass is 10.1. The van der Waals surface area contributed by atoms with E-state index < -0.39 is 0 Å². The third kappa shape index (κ3) is 4.05. The maximum atomic E-state index is 11.9. The molecular weight excluding hydrogens is 258 g/mol.